The summed E-state index contributed by atoms with van der Waals surface area (Å²) in [6.07, 6.45) is 0. The number of nitrogen functional groups attached to an aromatic ring is 1. The lowest BCUT2D eigenvalue weighted by molar-refractivity contribution is -0.385. The molecule has 2 N–H and O–H groups in total. The van der Waals surface area contributed by atoms with Crippen molar-refractivity contribution in [3.05, 3.63) is 22.2 Å². The molecule has 0 aromatic heterocycles. The van der Waals surface area contributed by atoms with Crippen molar-refractivity contribution in [1.82, 2.24) is 0 Å². The molecule has 0 radical (unpaired) electrons. The Morgan fingerprint density at radius 1 is 1.25 bits per heavy atom. The van der Waals surface area contributed by atoms with E-state index in [1.165, 1.54) is 12.1 Å². The lowest BCUT2D eigenvalue weighted by Crippen LogP contribution is -2.04. The van der Waals surface area contributed by atoms with Crippen LogP contribution in [0, 0.1) is 10.1 Å². The smallest absolute Gasteiger partial charge is 0.315 e. The van der Waals surface area contributed by atoms with E-state index in [-0.39, 0.29) is 17.2 Å². The molecule has 0 fully saturated rings. The number of nitro groups is 1. The minimum Gasteiger partial charge on any atom is -0.488 e. The Balaban J connectivity index is 3.30. The molecule has 0 saturated heterocycles. The molecule has 0 amide bonds. The van der Waals surface area contributed by atoms with Crippen molar-refractivity contribution in [2.75, 3.05) is 18.9 Å². The predicted octanol–water partition coefficient (Wildman–Crippen LogP) is 1.97. The van der Waals surface area contributed by atoms with Gasteiger partial charge in [-0.05, 0) is 19.9 Å². The normalized spacial score (nSPS) is 9.88. The van der Waals surface area contributed by atoms with Gasteiger partial charge in [-0.3, -0.25) is 10.1 Å². The van der Waals surface area contributed by atoms with Crippen molar-refractivity contribution in [3.63, 3.8) is 0 Å². The third-order valence-electron chi connectivity index (χ3n) is 1.90. The van der Waals surface area contributed by atoms with Gasteiger partial charge in [-0.25, -0.2) is 0 Å². The van der Waals surface area contributed by atoms with Gasteiger partial charge in [0.15, 0.2) is 5.75 Å². The van der Waals surface area contributed by atoms with Gasteiger partial charge in [0.1, 0.15) is 0 Å². The second kappa shape index (κ2) is 5.20. The van der Waals surface area contributed by atoms with Crippen LogP contribution in [0.3, 0.4) is 0 Å². The van der Waals surface area contributed by atoms with E-state index in [1.54, 1.807) is 13.8 Å². The highest BCUT2D eigenvalue weighted by molar-refractivity contribution is 5.68. The monoisotopic (exact) mass is 226 g/mol. The van der Waals surface area contributed by atoms with E-state index < -0.39 is 4.92 Å². The van der Waals surface area contributed by atoms with Crippen molar-refractivity contribution in [1.29, 1.82) is 0 Å². The van der Waals surface area contributed by atoms with Gasteiger partial charge >= 0.3 is 5.69 Å². The first-order chi connectivity index (χ1) is 7.61. The topological polar surface area (TPSA) is 87.6 Å². The fourth-order valence-electron chi connectivity index (χ4n) is 1.29. The third kappa shape index (κ3) is 2.33. The Kier molecular flexibility index (Phi) is 3.93. The van der Waals surface area contributed by atoms with Crippen LogP contribution in [0.2, 0.25) is 0 Å². The van der Waals surface area contributed by atoms with Crippen LogP contribution in [-0.2, 0) is 0 Å². The lowest BCUT2D eigenvalue weighted by Gasteiger charge is -2.12. The highest BCUT2D eigenvalue weighted by Crippen LogP contribution is 2.41. The van der Waals surface area contributed by atoms with Gasteiger partial charge in [0, 0.05) is 6.07 Å². The average molecular weight is 226 g/mol. The van der Waals surface area contributed by atoms with Crippen molar-refractivity contribution < 1.29 is 14.4 Å². The molecule has 0 saturated carbocycles. The van der Waals surface area contributed by atoms with E-state index in [1.807, 2.05) is 0 Å². The Hall–Kier alpha value is -1.98. The summed E-state index contributed by atoms with van der Waals surface area (Å²) in [7, 11) is 0. The Labute approximate surface area is 93.1 Å². The van der Waals surface area contributed by atoms with E-state index in [0.717, 1.165) is 0 Å². The summed E-state index contributed by atoms with van der Waals surface area (Å²) in [6, 6.07) is 2.74. The molecule has 6 heteroatoms. The number of hydrogen-bond acceptors (Lipinski definition) is 5. The van der Waals surface area contributed by atoms with Gasteiger partial charge in [0.25, 0.3) is 0 Å². The molecule has 88 valence electrons. The van der Waals surface area contributed by atoms with Crippen molar-refractivity contribution in [2.24, 2.45) is 0 Å². The zero-order valence-corrected chi connectivity index (χ0v) is 9.23. The number of hydrogen-bond donors (Lipinski definition) is 1. The zero-order valence-electron chi connectivity index (χ0n) is 9.23. The number of nitrogens with two attached hydrogens (primary N) is 1. The first-order valence-electron chi connectivity index (χ1n) is 4.94. The summed E-state index contributed by atoms with van der Waals surface area (Å²) in [5, 5.41) is 10.8. The van der Waals surface area contributed by atoms with Gasteiger partial charge in [0.2, 0.25) is 5.75 Å². The van der Waals surface area contributed by atoms with E-state index in [2.05, 4.69) is 0 Å². The van der Waals surface area contributed by atoms with Crippen LogP contribution in [0.15, 0.2) is 12.1 Å². The lowest BCUT2D eigenvalue weighted by atomic mass is 10.2. The van der Waals surface area contributed by atoms with E-state index in [4.69, 9.17) is 15.2 Å². The second-order valence-corrected chi connectivity index (χ2v) is 2.96. The minimum absolute atomic E-state index is 0.0920. The summed E-state index contributed by atoms with van der Waals surface area (Å²) >= 11 is 0. The SMILES string of the molecule is CCOc1c(N)ccc([N+](=O)[O-])c1OCC. The summed E-state index contributed by atoms with van der Waals surface area (Å²) in [5.74, 6) is 0.327. The summed E-state index contributed by atoms with van der Waals surface area (Å²) in [6.45, 7) is 4.19. The molecule has 0 bridgehead atoms. The molecule has 0 aliphatic heterocycles. The molecule has 1 aromatic carbocycles. The maximum absolute atomic E-state index is 10.8. The Morgan fingerprint density at radius 3 is 2.31 bits per heavy atom. The molecule has 1 aromatic rings. The van der Waals surface area contributed by atoms with Crippen LogP contribution in [-0.4, -0.2) is 18.1 Å². The maximum atomic E-state index is 10.8. The van der Waals surface area contributed by atoms with Crippen LogP contribution in [0.4, 0.5) is 11.4 Å². The number of benzene rings is 1. The number of anilines is 1. The molecule has 0 spiro atoms. The van der Waals surface area contributed by atoms with Gasteiger partial charge in [-0.2, -0.15) is 0 Å². The fraction of sp³-hybridized carbons (Fsp3) is 0.400. The van der Waals surface area contributed by atoms with E-state index in [0.29, 0.717) is 18.9 Å². The number of rotatable bonds is 5. The first kappa shape index (κ1) is 12.1. The van der Waals surface area contributed by atoms with E-state index >= 15 is 0 Å². The summed E-state index contributed by atoms with van der Waals surface area (Å²) < 4.78 is 10.5. The number of nitrogens with zero attached hydrogens (tertiary/aromatic N) is 1. The molecule has 0 aliphatic carbocycles. The van der Waals surface area contributed by atoms with Gasteiger partial charge < -0.3 is 15.2 Å². The van der Waals surface area contributed by atoms with Gasteiger partial charge in [-0.1, -0.05) is 0 Å². The van der Waals surface area contributed by atoms with Gasteiger partial charge in [-0.15, -0.1) is 0 Å². The van der Waals surface area contributed by atoms with Crippen molar-refractivity contribution >= 4 is 11.4 Å². The maximum Gasteiger partial charge on any atom is 0.315 e. The standard InChI is InChI=1S/C10H14N2O4/c1-3-15-9-7(11)5-6-8(12(13)14)10(9)16-4-2/h5-6H,3-4,11H2,1-2H3. The van der Waals surface area contributed by atoms with Crippen LogP contribution in [0.1, 0.15) is 13.8 Å². The molecule has 16 heavy (non-hydrogen) atoms. The van der Waals surface area contributed by atoms with Crippen molar-refractivity contribution in [2.45, 2.75) is 13.8 Å². The van der Waals surface area contributed by atoms with Crippen molar-refractivity contribution in [3.8, 4) is 11.5 Å². The molecular formula is C10H14N2O4. The molecule has 0 atom stereocenters. The zero-order chi connectivity index (χ0) is 12.1. The summed E-state index contributed by atoms with van der Waals surface area (Å²) in [4.78, 5) is 10.3. The molecule has 6 nitrogen and oxygen atoms in total. The van der Waals surface area contributed by atoms with Crippen LogP contribution >= 0.6 is 0 Å². The summed E-state index contributed by atoms with van der Waals surface area (Å²) in [5.41, 5.74) is 5.87. The highest BCUT2D eigenvalue weighted by Gasteiger charge is 2.22. The Morgan fingerprint density at radius 2 is 1.81 bits per heavy atom. The minimum atomic E-state index is -0.521. The largest absolute Gasteiger partial charge is 0.488 e. The highest BCUT2D eigenvalue weighted by atomic mass is 16.6. The molecule has 0 aliphatic rings. The molecule has 1 rings (SSSR count). The molecule has 0 heterocycles. The Bertz CT molecular complexity index is 393. The number of nitro benzene ring substituents is 1. The van der Waals surface area contributed by atoms with Crippen LogP contribution < -0.4 is 15.2 Å². The second-order valence-electron chi connectivity index (χ2n) is 2.96. The quantitative estimate of drug-likeness (QED) is 0.471. The first-order valence-corrected chi connectivity index (χ1v) is 4.94. The van der Waals surface area contributed by atoms with Crippen LogP contribution in [0.25, 0.3) is 0 Å². The third-order valence-corrected chi connectivity index (χ3v) is 1.90. The molecule has 0 unspecified atom stereocenters. The predicted molar refractivity (Wildman–Crippen MR) is 59.8 cm³/mol. The van der Waals surface area contributed by atoms with Gasteiger partial charge in [0.05, 0.1) is 23.8 Å². The average Bonchev–Trinajstić information content (AvgIpc) is 2.23. The fourth-order valence-corrected chi connectivity index (χ4v) is 1.29. The molecular weight excluding hydrogens is 212 g/mol. The van der Waals surface area contributed by atoms with E-state index in [9.17, 15) is 10.1 Å². The number of ether oxygens (including phenoxy) is 2. The van der Waals surface area contributed by atoms with Crippen LogP contribution in [0.5, 0.6) is 11.5 Å².